The molecule has 0 bridgehead atoms. The van der Waals surface area contributed by atoms with Gasteiger partial charge in [-0.2, -0.15) is 15.0 Å². The van der Waals surface area contributed by atoms with Crippen molar-refractivity contribution in [2.75, 3.05) is 51.5 Å². The van der Waals surface area contributed by atoms with Gasteiger partial charge in [0.05, 0.1) is 12.7 Å². The predicted octanol–water partition coefficient (Wildman–Crippen LogP) is 0.0365. The van der Waals surface area contributed by atoms with Crippen LogP contribution >= 0.6 is 0 Å². The summed E-state index contributed by atoms with van der Waals surface area (Å²) in [5.74, 6) is 0.806. The third-order valence-corrected chi connectivity index (χ3v) is 2.42. The van der Waals surface area contributed by atoms with E-state index in [2.05, 4.69) is 25.6 Å². The van der Waals surface area contributed by atoms with Crippen molar-refractivity contribution in [2.24, 2.45) is 0 Å². The molecule has 0 amide bonds. The first kappa shape index (κ1) is 16.4. The summed E-state index contributed by atoms with van der Waals surface area (Å²) in [5, 5.41) is 16.2. The molecule has 1 heterocycles. The van der Waals surface area contributed by atoms with E-state index < -0.39 is 5.60 Å². The van der Waals surface area contributed by atoms with Crippen LogP contribution in [0.15, 0.2) is 0 Å². The van der Waals surface area contributed by atoms with E-state index in [1.807, 2.05) is 25.9 Å². The van der Waals surface area contributed by atoms with Gasteiger partial charge in [-0.3, -0.25) is 0 Å². The van der Waals surface area contributed by atoms with Gasteiger partial charge in [0, 0.05) is 19.6 Å². The van der Waals surface area contributed by atoms with Crippen molar-refractivity contribution < 1.29 is 9.84 Å². The van der Waals surface area contributed by atoms with Gasteiger partial charge in [0.15, 0.2) is 0 Å². The number of hydrogen-bond donors (Lipinski definition) is 3. The summed E-state index contributed by atoms with van der Waals surface area (Å²) in [6.45, 7) is 5.26. The Kier molecular flexibility index (Phi) is 5.90. The molecular weight excluding hydrogens is 260 g/mol. The minimum absolute atomic E-state index is 0.228. The fourth-order valence-electron chi connectivity index (χ4n) is 1.77. The lowest BCUT2D eigenvalue weighted by molar-refractivity contribution is 0.0458. The molecule has 1 aromatic heterocycles. The maximum absolute atomic E-state index is 10.2. The van der Waals surface area contributed by atoms with E-state index >= 15 is 0 Å². The van der Waals surface area contributed by atoms with Crippen LogP contribution in [-0.2, 0) is 0 Å². The second-order valence-corrected chi connectivity index (χ2v) is 5.09. The Hall–Kier alpha value is -1.67. The summed E-state index contributed by atoms with van der Waals surface area (Å²) in [6, 6.07) is 0.228. The maximum atomic E-state index is 10.2. The van der Waals surface area contributed by atoms with Crippen molar-refractivity contribution in [2.45, 2.75) is 19.4 Å². The Labute approximate surface area is 119 Å². The quantitative estimate of drug-likeness (QED) is 0.616. The average Bonchev–Trinajstić information content (AvgIpc) is 2.35. The number of likely N-dealkylation sites (N-methyl/N-ethyl adjacent to an activating group) is 1. The number of nitrogens with one attached hydrogen (secondary N) is 2. The average molecular weight is 284 g/mol. The second kappa shape index (κ2) is 7.20. The molecule has 0 aliphatic heterocycles. The van der Waals surface area contributed by atoms with Crippen molar-refractivity contribution in [1.29, 1.82) is 0 Å². The third kappa shape index (κ3) is 5.54. The topological polar surface area (TPSA) is 95.4 Å². The molecular formula is C12H24N6O2. The number of ether oxygens (including phenoxy) is 1. The highest BCUT2D eigenvalue weighted by Gasteiger charge is 2.21. The number of aliphatic hydroxyl groups is 1. The van der Waals surface area contributed by atoms with E-state index in [1.54, 1.807) is 6.92 Å². The van der Waals surface area contributed by atoms with Gasteiger partial charge in [-0.05, 0) is 27.9 Å². The van der Waals surface area contributed by atoms with Crippen molar-refractivity contribution in [3.8, 4) is 6.01 Å². The molecule has 8 heteroatoms. The molecule has 0 saturated heterocycles. The molecule has 8 nitrogen and oxygen atoms in total. The van der Waals surface area contributed by atoms with Gasteiger partial charge in [-0.15, -0.1) is 0 Å². The van der Waals surface area contributed by atoms with E-state index in [0.29, 0.717) is 31.5 Å². The molecule has 114 valence electrons. The van der Waals surface area contributed by atoms with E-state index in [1.165, 1.54) is 7.11 Å². The summed E-state index contributed by atoms with van der Waals surface area (Å²) in [4.78, 5) is 14.3. The lowest BCUT2D eigenvalue weighted by atomic mass is 10.1. The largest absolute Gasteiger partial charge is 0.467 e. The SMILES string of the molecule is CCNc1nc(NCC(C)(O)CN(C)C)nc(OC)n1. The molecule has 0 radical (unpaired) electrons. The molecule has 0 spiro atoms. The molecule has 1 unspecified atom stereocenters. The Morgan fingerprint density at radius 1 is 1.20 bits per heavy atom. The van der Waals surface area contributed by atoms with Gasteiger partial charge in [0.1, 0.15) is 0 Å². The van der Waals surface area contributed by atoms with Crippen molar-refractivity contribution in [1.82, 2.24) is 19.9 Å². The van der Waals surface area contributed by atoms with E-state index in [9.17, 15) is 5.11 Å². The van der Waals surface area contributed by atoms with Gasteiger partial charge in [0.2, 0.25) is 11.9 Å². The third-order valence-electron chi connectivity index (χ3n) is 2.42. The molecule has 1 atom stereocenters. The number of hydrogen-bond acceptors (Lipinski definition) is 8. The summed E-state index contributed by atoms with van der Waals surface area (Å²) in [7, 11) is 5.31. The number of rotatable bonds is 8. The van der Waals surface area contributed by atoms with Crippen LogP contribution in [0.3, 0.4) is 0 Å². The molecule has 0 aliphatic carbocycles. The first-order chi connectivity index (χ1) is 9.36. The van der Waals surface area contributed by atoms with Gasteiger partial charge < -0.3 is 25.4 Å². The van der Waals surface area contributed by atoms with Crippen molar-refractivity contribution >= 4 is 11.9 Å². The minimum Gasteiger partial charge on any atom is -0.467 e. The van der Waals surface area contributed by atoms with Gasteiger partial charge >= 0.3 is 6.01 Å². The lowest BCUT2D eigenvalue weighted by Gasteiger charge is -2.27. The zero-order valence-corrected chi connectivity index (χ0v) is 12.8. The van der Waals surface area contributed by atoms with Gasteiger partial charge in [-0.1, -0.05) is 0 Å². The first-order valence-electron chi connectivity index (χ1n) is 6.51. The Morgan fingerprint density at radius 2 is 1.80 bits per heavy atom. The number of nitrogens with zero attached hydrogens (tertiary/aromatic N) is 4. The highest BCUT2D eigenvalue weighted by Crippen LogP contribution is 2.12. The van der Waals surface area contributed by atoms with Crippen LogP contribution in [-0.4, -0.2) is 71.4 Å². The Bertz CT molecular complexity index is 424. The fourth-order valence-corrected chi connectivity index (χ4v) is 1.77. The summed E-state index contributed by atoms with van der Waals surface area (Å²) >= 11 is 0. The predicted molar refractivity (Wildman–Crippen MR) is 78.2 cm³/mol. The summed E-state index contributed by atoms with van der Waals surface area (Å²) in [5.41, 5.74) is -0.887. The van der Waals surface area contributed by atoms with Crippen LogP contribution in [0.5, 0.6) is 6.01 Å². The Balaban J connectivity index is 2.73. The maximum Gasteiger partial charge on any atom is 0.322 e. The molecule has 20 heavy (non-hydrogen) atoms. The van der Waals surface area contributed by atoms with E-state index in [-0.39, 0.29) is 6.01 Å². The highest BCUT2D eigenvalue weighted by atomic mass is 16.5. The standard InChI is InChI=1S/C12H24N6O2/c1-6-13-9-15-10(17-11(16-9)20-5)14-7-12(2,19)8-18(3)4/h19H,6-8H2,1-5H3,(H2,13,14,15,16,17). The monoisotopic (exact) mass is 284 g/mol. The number of methoxy groups -OCH3 is 1. The van der Waals surface area contributed by atoms with Crippen molar-refractivity contribution in [3.05, 3.63) is 0 Å². The van der Waals surface area contributed by atoms with Crippen LogP contribution in [0, 0.1) is 0 Å². The highest BCUT2D eigenvalue weighted by molar-refractivity contribution is 5.36. The van der Waals surface area contributed by atoms with E-state index in [4.69, 9.17) is 4.74 Å². The normalized spacial score (nSPS) is 13.9. The molecule has 1 aromatic rings. The summed E-state index contributed by atoms with van der Waals surface area (Å²) < 4.78 is 5.03. The smallest absolute Gasteiger partial charge is 0.322 e. The number of anilines is 2. The zero-order chi connectivity index (χ0) is 15.2. The van der Waals surface area contributed by atoms with Crippen LogP contribution in [0.1, 0.15) is 13.8 Å². The van der Waals surface area contributed by atoms with Crippen molar-refractivity contribution in [3.63, 3.8) is 0 Å². The molecule has 1 rings (SSSR count). The lowest BCUT2D eigenvalue weighted by Crippen LogP contribution is -2.43. The summed E-state index contributed by atoms with van der Waals surface area (Å²) in [6.07, 6.45) is 0. The van der Waals surface area contributed by atoms with Crippen LogP contribution in [0.25, 0.3) is 0 Å². The molecule has 0 aromatic carbocycles. The second-order valence-electron chi connectivity index (χ2n) is 5.09. The van der Waals surface area contributed by atoms with Gasteiger partial charge in [-0.25, -0.2) is 0 Å². The van der Waals surface area contributed by atoms with Gasteiger partial charge in [0.25, 0.3) is 0 Å². The molecule has 0 saturated carbocycles. The van der Waals surface area contributed by atoms with Crippen LogP contribution in [0.2, 0.25) is 0 Å². The molecule has 0 fully saturated rings. The molecule has 3 N–H and O–H groups in total. The number of aromatic nitrogens is 3. The molecule has 0 aliphatic rings. The van der Waals surface area contributed by atoms with E-state index in [0.717, 1.165) is 0 Å². The first-order valence-corrected chi connectivity index (χ1v) is 6.51. The minimum atomic E-state index is -0.887. The Morgan fingerprint density at radius 3 is 2.30 bits per heavy atom. The van der Waals surface area contributed by atoms with Crippen LogP contribution < -0.4 is 15.4 Å². The van der Waals surface area contributed by atoms with Crippen LogP contribution in [0.4, 0.5) is 11.9 Å². The zero-order valence-electron chi connectivity index (χ0n) is 12.8. The fraction of sp³-hybridized carbons (Fsp3) is 0.750.